The maximum atomic E-state index is 11.6. The molecule has 0 saturated carbocycles. The van der Waals surface area contributed by atoms with E-state index in [0.29, 0.717) is 11.4 Å². The van der Waals surface area contributed by atoms with Gasteiger partial charge in [-0.15, -0.1) is 0 Å². The second kappa shape index (κ2) is 4.66. The van der Waals surface area contributed by atoms with Crippen LogP contribution in [0, 0.1) is 0 Å². The SMILES string of the molecule is CS(=O)(=O)Nc1ccc(-n2ccccc2=O)cc1. The van der Waals surface area contributed by atoms with E-state index in [0.717, 1.165) is 6.26 Å². The number of aromatic nitrogens is 1. The molecule has 0 aliphatic rings. The summed E-state index contributed by atoms with van der Waals surface area (Å²) in [6.45, 7) is 0. The number of rotatable bonds is 3. The molecule has 18 heavy (non-hydrogen) atoms. The van der Waals surface area contributed by atoms with Crippen molar-refractivity contribution in [2.24, 2.45) is 0 Å². The number of nitrogens with zero attached hydrogens (tertiary/aromatic N) is 1. The molecule has 0 aliphatic carbocycles. The van der Waals surface area contributed by atoms with Crippen LogP contribution in [-0.2, 0) is 10.0 Å². The standard InChI is InChI=1S/C12H12N2O3S/c1-18(16,17)13-10-5-7-11(8-6-10)14-9-3-2-4-12(14)15/h2-9,13H,1H3. The summed E-state index contributed by atoms with van der Waals surface area (Å²) in [5.74, 6) is 0. The van der Waals surface area contributed by atoms with Crippen molar-refractivity contribution < 1.29 is 8.42 Å². The van der Waals surface area contributed by atoms with Crippen LogP contribution in [0.3, 0.4) is 0 Å². The first kappa shape index (κ1) is 12.4. The van der Waals surface area contributed by atoms with Gasteiger partial charge in [-0.05, 0) is 30.3 Å². The largest absolute Gasteiger partial charge is 0.284 e. The summed E-state index contributed by atoms with van der Waals surface area (Å²) in [4.78, 5) is 11.6. The molecular weight excluding hydrogens is 252 g/mol. The van der Waals surface area contributed by atoms with Crippen molar-refractivity contribution in [3.8, 4) is 5.69 Å². The molecule has 0 aliphatic heterocycles. The van der Waals surface area contributed by atoms with Gasteiger partial charge in [0.05, 0.1) is 6.26 Å². The van der Waals surface area contributed by atoms with Crippen molar-refractivity contribution >= 4 is 15.7 Å². The Morgan fingerprint density at radius 2 is 1.72 bits per heavy atom. The van der Waals surface area contributed by atoms with Gasteiger partial charge >= 0.3 is 0 Å². The number of anilines is 1. The summed E-state index contributed by atoms with van der Waals surface area (Å²) in [6, 6.07) is 11.4. The first-order valence-electron chi connectivity index (χ1n) is 5.22. The van der Waals surface area contributed by atoms with E-state index in [4.69, 9.17) is 0 Å². The van der Waals surface area contributed by atoms with Crippen molar-refractivity contribution in [3.05, 3.63) is 59.0 Å². The topological polar surface area (TPSA) is 68.2 Å². The van der Waals surface area contributed by atoms with Gasteiger partial charge in [-0.2, -0.15) is 0 Å². The Balaban J connectivity index is 2.34. The van der Waals surface area contributed by atoms with Gasteiger partial charge in [0.15, 0.2) is 0 Å². The molecule has 1 aromatic carbocycles. The lowest BCUT2D eigenvalue weighted by Gasteiger charge is -2.07. The van der Waals surface area contributed by atoms with Crippen LogP contribution in [-0.4, -0.2) is 19.2 Å². The molecule has 1 N–H and O–H groups in total. The predicted octanol–water partition coefficient (Wildman–Crippen LogP) is 1.21. The molecule has 6 heteroatoms. The zero-order valence-electron chi connectivity index (χ0n) is 9.70. The van der Waals surface area contributed by atoms with E-state index in [1.807, 2.05) is 0 Å². The van der Waals surface area contributed by atoms with Crippen molar-refractivity contribution in [2.75, 3.05) is 11.0 Å². The second-order valence-electron chi connectivity index (χ2n) is 3.83. The van der Waals surface area contributed by atoms with Gasteiger partial charge in [0.25, 0.3) is 5.56 Å². The average Bonchev–Trinajstić information content (AvgIpc) is 2.29. The molecule has 0 saturated heterocycles. The van der Waals surface area contributed by atoms with Gasteiger partial charge < -0.3 is 0 Å². The molecule has 5 nitrogen and oxygen atoms in total. The number of hydrogen-bond acceptors (Lipinski definition) is 3. The van der Waals surface area contributed by atoms with E-state index in [1.165, 1.54) is 10.6 Å². The number of pyridine rings is 1. The van der Waals surface area contributed by atoms with Gasteiger partial charge in [-0.1, -0.05) is 6.07 Å². The van der Waals surface area contributed by atoms with Crippen molar-refractivity contribution in [3.63, 3.8) is 0 Å². The van der Waals surface area contributed by atoms with Crippen LogP contribution < -0.4 is 10.3 Å². The minimum Gasteiger partial charge on any atom is -0.284 e. The van der Waals surface area contributed by atoms with Gasteiger partial charge in [-0.3, -0.25) is 14.1 Å². The Kier molecular flexibility index (Phi) is 3.20. The van der Waals surface area contributed by atoms with Crippen LogP contribution >= 0.6 is 0 Å². The Morgan fingerprint density at radius 3 is 2.28 bits per heavy atom. The third-order valence-electron chi connectivity index (χ3n) is 2.27. The van der Waals surface area contributed by atoms with Gasteiger partial charge in [0, 0.05) is 23.6 Å². The third kappa shape index (κ3) is 2.98. The first-order valence-corrected chi connectivity index (χ1v) is 7.11. The molecule has 2 aromatic rings. The smallest absolute Gasteiger partial charge is 0.255 e. The highest BCUT2D eigenvalue weighted by molar-refractivity contribution is 7.92. The fraction of sp³-hybridized carbons (Fsp3) is 0.0833. The number of nitrogens with one attached hydrogen (secondary N) is 1. The van der Waals surface area contributed by atoms with Crippen molar-refractivity contribution in [2.45, 2.75) is 0 Å². The summed E-state index contributed by atoms with van der Waals surface area (Å²) < 4.78 is 25.9. The minimum atomic E-state index is -3.28. The summed E-state index contributed by atoms with van der Waals surface area (Å²) in [5, 5.41) is 0. The predicted molar refractivity (Wildman–Crippen MR) is 70.5 cm³/mol. The molecule has 0 radical (unpaired) electrons. The number of sulfonamides is 1. The van der Waals surface area contributed by atoms with Crippen LogP contribution in [0.25, 0.3) is 5.69 Å². The van der Waals surface area contributed by atoms with E-state index >= 15 is 0 Å². The molecule has 2 rings (SSSR count). The van der Waals surface area contributed by atoms with E-state index in [2.05, 4.69) is 4.72 Å². The average molecular weight is 264 g/mol. The highest BCUT2D eigenvalue weighted by Gasteiger charge is 2.02. The van der Waals surface area contributed by atoms with E-state index < -0.39 is 10.0 Å². The Hall–Kier alpha value is -2.08. The summed E-state index contributed by atoms with van der Waals surface area (Å²) in [5.41, 5.74) is 1.01. The summed E-state index contributed by atoms with van der Waals surface area (Å²) in [6.07, 6.45) is 2.74. The quantitative estimate of drug-likeness (QED) is 0.906. The van der Waals surface area contributed by atoms with Crippen LogP contribution in [0.5, 0.6) is 0 Å². The highest BCUT2D eigenvalue weighted by atomic mass is 32.2. The van der Waals surface area contributed by atoms with Crippen molar-refractivity contribution in [1.29, 1.82) is 0 Å². The molecule has 1 heterocycles. The van der Waals surface area contributed by atoms with Gasteiger partial charge in [0.2, 0.25) is 10.0 Å². The molecule has 0 amide bonds. The molecule has 0 unspecified atom stereocenters. The first-order chi connectivity index (χ1) is 8.46. The lowest BCUT2D eigenvalue weighted by atomic mass is 10.3. The summed E-state index contributed by atoms with van der Waals surface area (Å²) >= 11 is 0. The van der Waals surface area contributed by atoms with E-state index in [-0.39, 0.29) is 5.56 Å². The Morgan fingerprint density at radius 1 is 1.06 bits per heavy atom. The molecular formula is C12H12N2O3S. The van der Waals surface area contributed by atoms with Gasteiger partial charge in [-0.25, -0.2) is 8.42 Å². The number of hydrogen-bond donors (Lipinski definition) is 1. The van der Waals surface area contributed by atoms with Gasteiger partial charge in [0.1, 0.15) is 0 Å². The Bertz CT molecular complexity index is 703. The number of benzene rings is 1. The highest BCUT2D eigenvalue weighted by Crippen LogP contribution is 2.12. The third-order valence-corrected chi connectivity index (χ3v) is 2.88. The van der Waals surface area contributed by atoms with Crippen LogP contribution in [0.4, 0.5) is 5.69 Å². The molecule has 94 valence electrons. The zero-order valence-corrected chi connectivity index (χ0v) is 10.5. The molecule has 0 atom stereocenters. The van der Waals surface area contributed by atoms with Crippen LogP contribution in [0.1, 0.15) is 0 Å². The fourth-order valence-electron chi connectivity index (χ4n) is 1.54. The molecule has 0 spiro atoms. The lowest BCUT2D eigenvalue weighted by Crippen LogP contribution is -2.15. The van der Waals surface area contributed by atoms with E-state index in [1.54, 1.807) is 42.6 Å². The van der Waals surface area contributed by atoms with Crippen molar-refractivity contribution in [1.82, 2.24) is 4.57 Å². The van der Waals surface area contributed by atoms with E-state index in [9.17, 15) is 13.2 Å². The lowest BCUT2D eigenvalue weighted by molar-refractivity contribution is 0.607. The normalized spacial score (nSPS) is 11.2. The Labute approximate surface area is 105 Å². The maximum absolute atomic E-state index is 11.6. The summed E-state index contributed by atoms with van der Waals surface area (Å²) in [7, 11) is -3.28. The monoisotopic (exact) mass is 264 g/mol. The molecule has 1 aromatic heterocycles. The van der Waals surface area contributed by atoms with Crippen LogP contribution in [0.2, 0.25) is 0 Å². The molecule has 0 fully saturated rings. The second-order valence-corrected chi connectivity index (χ2v) is 5.58. The zero-order chi connectivity index (χ0) is 13.2. The van der Waals surface area contributed by atoms with Crippen LogP contribution in [0.15, 0.2) is 53.5 Å². The molecule has 0 bridgehead atoms. The minimum absolute atomic E-state index is 0.138. The maximum Gasteiger partial charge on any atom is 0.255 e. The fourth-order valence-corrected chi connectivity index (χ4v) is 2.11.